The van der Waals surface area contributed by atoms with E-state index in [9.17, 15) is 0 Å². The normalized spacial score (nSPS) is 10.4. The molecule has 0 aromatic heterocycles. The summed E-state index contributed by atoms with van der Waals surface area (Å²) in [6, 6.07) is 16.8. The average Bonchev–Trinajstić information content (AvgIpc) is 3.26. The van der Waals surface area contributed by atoms with Gasteiger partial charge in [0.1, 0.15) is 0 Å². The quantitative estimate of drug-likeness (QED) is 0.469. The Bertz CT molecular complexity index is 796. The maximum absolute atomic E-state index is 5.39. The minimum absolute atomic E-state index is 0. The van der Waals surface area contributed by atoms with Gasteiger partial charge in [-0.2, -0.15) is 19.9 Å². The zero-order valence-electron chi connectivity index (χ0n) is 15.3. The van der Waals surface area contributed by atoms with Crippen molar-refractivity contribution >= 4 is 21.5 Å². The van der Waals surface area contributed by atoms with E-state index in [0.717, 1.165) is 12.2 Å². The van der Waals surface area contributed by atoms with E-state index in [0.29, 0.717) is 0 Å². The van der Waals surface area contributed by atoms with Gasteiger partial charge in [-0.3, -0.25) is 6.08 Å². The second-order valence-corrected chi connectivity index (χ2v) is 5.24. The molecule has 3 aromatic carbocycles. The molecule has 1 nitrogen and oxygen atoms in total. The molecule has 0 unspecified atom stereocenters. The molecule has 138 valence electrons. The van der Waals surface area contributed by atoms with Gasteiger partial charge < -0.3 is 36.0 Å². The van der Waals surface area contributed by atoms with Crippen molar-refractivity contribution in [2.24, 2.45) is 0 Å². The smallest absolute Gasteiger partial charge is 1.00 e. The third-order valence-corrected chi connectivity index (χ3v) is 3.41. The van der Waals surface area contributed by atoms with Crippen LogP contribution in [0, 0.1) is 12.5 Å². The first kappa shape index (κ1) is 27.3. The summed E-state index contributed by atoms with van der Waals surface area (Å²) in [7, 11) is 1.72. The minimum Gasteiger partial charge on any atom is -1.00 e. The summed E-state index contributed by atoms with van der Waals surface area (Å²) in [5, 5.41) is 5.01. The molecular formula is C22H23Cl2OZr-3. The van der Waals surface area contributed by atoms with Crippen molar-refractivity contribution in [2.75, 3.05) is 7.11 Å². The molecule has 0 bridgehead atoms. The molecule has 0 heterocycles. The molecule has 0 fully saturated rings. The van der Waals surface area contributed by atoms with Crippen molar-refractivity contribution in [3.05, 3.63) is 79.3 Å². The average molecular weight is 466 g/mol. The summed E-state index contributed by atoms with van der Waals surface area (Å²) >= 11 is 0. The Morgan fingerprint density at radius 3 is 2.19 bits per heavy atom. The van der Waals surface area contributed by atoms with Crippen LogP contribution in [0.4, 0.5) is 0 Å². The van der Waals surface area contributed by atoms with Crippen LogP contribution in [-0.4, -0.2) is 7.11 Å². The van der Waals surface area contributed by atoms with Crippen LogP contribution in [0.3, 0.4) is 0 Å². The van der Waals surface area contributed by atoms with Gasteiger partial charge in [0.05, 0.1) is 12.9 Å². The maximum atomic E-state index is 5.39. The number of fused-ring (bicyclic) bond motifs is 3. The van der Waals surface area contributed by atoms with Crippen LogP contribution < -0.4 is 29.6 Å². The van der Waals surface area contributed by atoms with Gasteiger partial charge in [0.15, 0.2) is 0 Å². The number of hydrogen-bond donors (Lipinski definition) is 0. The minimum atomic E-state index is 0. The molecule has 0 spiro atoms. The number of allylic oxidation sites excluding steroid dienone is 4. The Morgan fingerprint density at radius 2 is 1.65 bits per heavy atom. The second kappa shape index (κ2) is 15.1. The first-order valence-electron chi connectivity index (χ1n) is 7.88. The fourth-order valence-corrected chi connectivity index (χ4v) is 2.48. The van der Waals surface area contributed by atoms with Crippen molar-refractivity contribution < 1.29 is 55.8 Å². The van der Waals surface area contributed by atoms with Gasteiger partial charge in [-0.15, -0.1) is 40.8 Å². The fourth-order valence-electron chi connectivity index (χ4n) is 2.48. The Labute approximate surface area is 188 Å². The molecule has 0 saturated carbocycles. The van der Waals surface area contributed by atoms with Crippen LogP contribution in [0.1, 0.15) is 20.3 Å². The number of hydrogen-bond acceptors (Lipinski definition) is 1. The third-order valence-electron chi connectivity index (χ3n) is 3.41. The van der Waals surface area contributed by atoms with E-state index >= 15 is 0 Å². The van der Waals surface area contributed by atoms with E-state index in [2.05, 4.69) is 48.6 Å². The van der Waals surface area contributed by atoms with E-state index in [1.165, 1.54) is 21.5 Å². The predicted octanol–water partition coefficient (Wildman–Crippen LogP) is 0.262. The van der Waals surface area contributed by atoms with Crippen molar-refractivity contribution in [2.45, 2.75) is 20.3 Å². The van der Waals surface area contributed by atoms with E-state index < -0.39 is 0 Å². The van der Waals surface area contributed by atoms with Gasteiger partial charge in [-0.25, -0.2) is 12.2 Å². The van der Waals surface area contributed by atoms with Crippen LogP contribution >= 0.6 is 0 Å². The number of benzene rings is 2. The van der Waals surface area contributed by atoms with Gasteiger partial charge in [0, 0.05) is 0 Å². The molecule has 26 heavy (non-hydrogen) atoms. The molecule has 0 aliphatic heterocycles. The Morgan fingerprint density at radius 1 is 1.00 bits per heavy atom. The Kier molecular flexibility index (Phi) is 15.9. The molecule has 0 amide bonds. The van der Waals surface area contributed by atoms with E-state index in [1.807, 2.05) is 44.6 Å². The molecule has 0 radical (unpaired) electrons. The summed E-state index contributed by atoms with van der Waals surface area (Å²) in [4.78, 5) is 0. The van der Waals surface area contributed by atoms with Gasteiger partial charge in [-0.05, 0) is 6.07 Å². The maximum Gasteiger partial charge on any atom is 2.00 e. The molecule has 3 aromatic rings. The van der Waals surface area contributed by atoms with Crippen molar-refractivity contribution in [1.82, 2.24) is 0 Å². The summed E-state index contributed by atoms with van der Waals surface area (Å²) in [5.74, 6) is 0.952. The summed E-state index contributed by atoms with van der Waals surface area (Å²) in [6.45, 7) is 4.00. The second-order valence-electron chi connectivity index (χ2n) is 5.24. The summed E-state index contributed by atoms with van der Waals surface area (Å²) < 4.78 is 5.39. The summed E-state index contributed by atoms with van der Waals surface area (Å²) in [6.07, 6.45) is 12.0. The van der Waals surface area contributed by atoms with Crippen LogP contribution in [0.2, 0.25) is 0 Å². The molecule has 0 N–H and O–H groups in total. The monoisotopic (exact) mass is 463 g/mol. The molecule has 1 aliphatic carbocycles. The van der Waals surface area contributed by atoms with Crippen LogP contribution in [0.15, 0.2) is 66.8 Å². The molecular weight excluding hydrogens is 442 g/mol. The number of methoxy groups -OCH3 is 1. The van der Waals surface area contributed by atoms with E-state index in [1.54, 1.807) is 7.11 Å². The number of rotatable bonds is 1. The zero-order valence-corrected chi connectivity index (χ0v) is 19.3. The predicted molar refractivity (Wildman–Crippen MR) is 101 cm³/mol. The van der Waals surface area contributed by atoms with Gasteiger partial charge in [0.25, 0.3) is 0 Å². The Hall–Kier alpha value is -0.947. The molecule has 1 aliphatic rings. The molecule has 0 saturated heterocycles. The van der Waals surface area contributed by atoms with Crippen LogP contribution in [0.25, 0.3) is 21.5 Å². The fraction of sp³-hybridized carbons (Fsp3) is 0.182. The third kappa shape index (κ3) is 7.35. The van der Waals surface area contributed by atoms with Gasteiger partial charge in [0.2, 0.25) is 0 Å². The van der Waals surface area contributed by atoms with Crippen molar-refractivity contribution in [3.8, 4) is 5.75 Å². The summed E-state index contributed by atoms with van der Waals surface area (Å²) in [5.41, 5.74) is 0. The first-order valence-corrected chi connectivity index (χ1v) is 7.88. The van der Waals surface area contributed by atoms with Crippen molar-refractivity contribution in [1.29, 1.82) is 0 Å². The van der Waals surface area contributed by atoms with Gasteiger partial charge >= 0.3 is 26.2 Å². The molecule has 4 rings (SSSR count). The SMILES string of the molecule is COc1cccc2[cH-]c3ccccc3c12.C[CH-]C.[C-]1=CC=CC1.[Cl-].[Cl-].[Zr+2]. The zero-order chi connectivity index (χ0) is 16.5. The number of halogens is 2. The number of ether oxygens (including phenoxy) is 1. The van der Waals surface area contributed by atoms with Crippen LogP contribution in [-0.2, 0) is 26.2 Å². The van der Waals surface area contributed by atoms with Crippen LogP contribution in [0.5, 0.6) is 5.75 Å². The van der Waals surface area contributed by atoms with Crippen molar-refractivity contribution in [3.63, 3.8) is 0 Å². The largest absolute Gasteiger partial charge is 2.00 e. The molecule has 4 heteroatoms. The topological polar surface area (TPSA) is 9.23 Å². The van der Waals surface area contributed by atoms with E-state index in [-0.39, 0.29) is 51.0 Å². The molecule has 0 atom stereocenters. The van der Waals surface area contributed by atoms with E-state index in [4.69, 9.17) is 4.74 Å². The first-order chi connectivity index (χ1) is 11.3. The Balaban J connectivity index is 0. The standard InChI is InChI=1S/C14H11O.C5H5.C3H7.2ClH.Zr/c1-15-13-8-4-6-11-9-10-5-2-3-7-12(10)14(11)13;1-2-4-5-3-1;1-3-2;;;/h2-9H,1H3;1-3H,4H2;3H,1-2H3;2*1H;/q3*-1;;;+2/p-2. The van der Waals surface area contributed by atoms with Gasteiger partial charge in [-0.1, -0.05) is 29.7 Å².